The van der Waals surface area contributed by atoms with Gasteiger partial charge in [0.25, 0.3) is 0 Å². The average molecular weight is 306 g/mol. The van der Waals surface area contributed by atoms with Crippen LogP contribution in [0.15, 0.2) is 30.3 Å². The van der Waals surface area contributed by atoms with E-state index in [1.807, 2.05) is 11.8 Å². The van der Waals surface area contributed by atoms with Gasteiger partial charge in [0.05, 0.1) is 0 Å². The summed E-state index contributed by atoms with van der Waals surface area (Å²) in [7, 11) is 0. The summed E-state index contributed by atoms with van der Waals surface area (Å²) in [6.07, 6.45) is 3.74. The van der Waals surface area contributed by atoms with Crippen molar-refractivity contribution >= 4 is 35.5 Å². The number of thioether (sulfide) groups is 1. The van der Waals surface area contributed by atoms with Crippen LogP contribution in [0.2, 0.25) is 0 Å². The average Bonchev–Trinajstić information content (AvgIpc) is 2.98. The molecule has 1 unspecified atom stereocenters. The van der Waals surface area contributed by atoms with E-state index in [2.05, 4.69) is 10.6 Å². The van der Waals surface area contributed by atoms with E-state index in [9.17, 15) is 9.59 Å². The van der Waals surface area contributed by atoms with Crippen molar-refractivity contribution < 1.29 is 14.7 Å². The number of urea groups is 1. The number of carbonyl (C=O) groups is 2. The molecule has 112 valence electrons. The van der Waals surface area contributed by atoms with E-state index >= 15 is 0 Å². The summed E-state index contributed by atoms with van der Waals surface area (Å²) in [5.74, 6) is 1.88. The zero-order valence-corrected chi connectivity index (χ0v) is 12.4. The summed E-state index contributed by atoms with van der Waals surface area (Å²) in [5, 5.41) is 14.2. The number of hydrogen-bond donors (Lipinski definition) is 3. The lowest BCUT2D eigenvalue weighted by atomic mass is 10.1. The molecule has 21 heavy (non-hydrogen) atoms. The molecule has 1 saturated heterocycles. The van der Waals surface area contributed by atoms with Crippen molar-refractivity contribution in [3.63, 3.8) is 0 Å². The van der Waals surface area contributed by atoms with Gasteiger partial charge in [-0.3, -0.25) is 0 Å². The fourth-order valence-electron chi connectivity index (χ4n) is 2.00. The smallest absolute Gasteiger partial charge is 0.328 e. The van der Waals surface area contributed by atoms with Gasteiger partial charge in [0, 0.05) is 18.3 Å². The molecule has 5 nitrogen and oxygen atoms in total. The molecule has 2 amide bonds. The largest absolute Gasteiger partial charge is 0.478 e. The molecule has 1 aromatic carbocycles. The van der Waals surface area contributed by atoms with E-state index in [0.717, 1.165) is 23.8 Å². The fourth-order valence-corrected chi connectivity index (χ4v) is 3.29. The molecule has 0 saturated carbocycles. The van der Waals surface area contributed by atoms with Gasteiger partial charge in [0.1, 0.15) is 0 Å². The third kappa shape index (κ3) is 5.51. The molecule has 1 aromatic rings. The van der Waals surface area contributed by atoms with Crippen LogP contribution < -0.4 is 10.6 Å². The van der Waals surface area contributed by atoms with E-state index in [1.165, 1.54) is 11.8 Å². The molecule has 0 aromatic heterocycles. The van der Waals surface area contributed by atoms with Crippen molar-refractivity contribution in [1.82, 2.24) is 5.32 Å². The third-order valence-corrected chi connectivity index (χ3v) is 4.39. The van der Waals surface area contributed by atoms with Crippen molar-refractivity contribution in [2.24, 2.45) is 5.92 Å². The van der Waals surface area contributed by atoms with Crippen LogP contribution in [0.5, 0.6) is 0 Å². The van der Waals surface area contributed by atoms with Crippen molar-refractivity contribution in [3.05, 3.63) is 35.9 Å². The zero-order chi connectivity index (χ0) is 15.1. The van der Waals surface area contributed by atoms with Gasteiger partial charge in [-0.1, -0.05) is 12.1 Å². The molecule has 0 bridgehead atoms. The molecule has 1 heterocycles. The second-order valence-corrected chi connectivity index (χ2v) is 6.01. The van der Waals surface area contributed by atoms with E-state index < -0.39 is 5.97 Å². The van der Waals surface area contributed by atoms with Crippen LogP contribution in [-0.4, -0.2) is 35.2 Å². The number of hydrogen-bond acceptors (Lipinski definition) is 3. The first kappa shape index (κ1) is 15.4. The number of carboxylic acid groups (broad SMARTS) is 1. The van der Waals surface area contributed by atoms with E-state index in [4.69, 9.17) is 5.11 Å². The Kier molecular flexibility index (Phi) is 5.68. The SMILES string of the molecule is O=C(O)/C=C/c1ccc(NC(=O)NCC2CCSC2)cc1. The number of carboxylic acids is 1. The van der Waals surface area contributed by atoms with Crippen molar-refractivity contribution in [1.29, 1.82) is 0 Å². The van der Waals surface area contributed by atoms with Gasteiger partial charge >= 0.3 is 12.0 Å². The summed E-state index contributed by atoms with van der Waals surface area (Å²) in [6.45, 7) is 0.707. The van der Waals surface area contributed by atoms with Crippen LogP contribution in [0.1, 0.15) is 12.0 Å². The van der Waals surface area contributed by atoms with Crippen LogP contribution in [0.4, 0.5) is 10.5 Å². The lowest BCUT2D eigenvalue weighted by molar-refractivity contribution is -0.131. The Morgan fingerprint density at radius 2 is 2.10 bits per heavy atom. The quantitative estimate of drug-likeness (QED) is 0.731. The molecular weight excluding hydrogens is 288 g/mol. The fraction of sp³-hybridized carbons (Fsp3) is 0.333. The molecule has 0 radical (unpaired) electrons. The van der Waals surface area contributed by atoms with Crippen LogP contribution in [0.25, 0.3) is 6.08 Å². The van der Waals surface area contributed by atoms with Gasteiger partial charge in [0.2, 0.25) is 0 Å². The van der Waals surface area contributed by atoms with Crippen LogP contribution in [-0.2, 0) is 4.79 Å². The normalized spacial score (nSPS) is 17.8. The molecule has 6 heteroatoms. The van der Waals surface area contributed by atoms with E-state index in [0.29, 0.717) is 18.2 Å². The van der Waals surface area contributed by atoms with Gasteiger partial charge in [-0.25, -0.2) is 9.59 Å². The highest BCUT2D eigenvalue weighted by Gasteiger charge is 2.15. The molecule has 0 spiro atoms. The maximum Gasteiger partial charge on any atom is 0.328 e. The summed E-state index contributed by atoms with van der Waals surface area (Å²) in [4.78, 5) is 22.2. The number of aliphatic carboxylic acids is 1. The Balaban J connectivity index is 1.79. The topological polar surface area (TPSA) is 78.4 Å². The number of carbonyl (C=O) groups excluding carboxylic acids is 1. The summed E-state index contributed by atoms with van der Waals surface area (Å²) in [5.41, 5.74) is 1.45. The Morgan fingerprint density at radius 1 is 1.33 bits per heavy atom. The highest BCUT2D eigenvalue weighted by atomic mass is 32.2. The molecular formula is C15H18N2O3S. The van der Waals surface area contributed by atoms with Gasteiger partial charge in [-0.15, -0.1) is 0 Å². The van der Waals surface area contributed by atoms with E-state index in [-0.39, 0.29) is 6.03 Å². The van der Waals surface area contributed by atoms with Crippen LogP contribution in [0.3, 0.4) is 0 Å². The first-order valence-corrected chi connectivity index (χ1v) is 7.92. The monoisotopic (exact) mass is 306 g/mol. The summed E-state index contributed by atoms with van der Waals surface area (Å²) in [6, 6.07) is 6.78. The van der Waals surface area contributed by atoms with Crippen molar-refractivity contribution in [3.8, 4) is 0 Å². The summed E-state index contributed by atoms with van der Waals surface area (Å²) < 4.78 is 0. The van der Waals surface area contributed by atoms with Crippen LogP contribution in [0, 0.1) is 5.92 Å². The first-order chi connectivity index (χ1) is 10.1. The molecule has 1 fully saturated rings. The van der Waals surface area contributed by atoms with E-state index in [1.54, 1.807) is 24.3 Å². The minimum atomic E-state index is -0.985. The maximum absolute atomic E-state index is 11.7. The lowest BCUT2D eigenvalue weighted by Crippen LogP contribution is -2.33. The molecule has 1 atom stereocenters. The molecule has 2 rings (SSSR count). The van der Waals surface area contributed by atoms with Crippen molar-refractivity contribution in [2.45, 2.75) is 6.42 Å². The molecule has 1 aliphatic rings. The Labute approximate surface area is 127 Å². The third-order valence-electron chi connectivity index (χ3n) is 3.16. The predicted molar refractivity (Wildman–Crippen MR) is 85.6 cm³/mol. The maximum atomic E-state index is 11.7. The number of benzene rings is 1. The van der Waals surface area contributed by atoms with Crippen molar-refractivity contribution in [2.75, 3.05) is 23.4 Å². The molecule has 3 N–H and O–H groups in total. The Morgan fingerprint density at radius 3 is 2.71 bits per heavy atom. The lowest BCUT2D eigenvalue weighted by Gasteiger charge is -2.11. The number of amides is 2. The van der Waals surface area contributed by atoms with Gasteiger partial charge < -0.3 is 15.7 Å². The minimum absolute atomic E-state index is 0.208. The number of rotatable bonds is 5. The Bertz CT molecular complexity index is 522. The summed E-state index contributed by atoms with van der Waals surface area (Å²) >= 11 is 1.93. The van der Waals surface area contributed by atoms with Crippen LogP contribution >= 0.6 is 11.8 Å². The second kappa shape index (κ2) is 7.73. The predicted octanol–water partition coefficient (Wildman–Crippen LogP) is 2.66. The minimum Gasteiger partial charge on any atom is -0.478 e. The van der Waals surface area contributed by atoms with Gasteiger partial charge in [0.15, 0.2) is 0 Å². The number of nitrogens with one attached hydrogen (secondary N) is 2. The highest BCUT2D eigenvalue weighted by molar-refractivity contribution is 7.99. The molecule has 1 aliphatic heterocycles. The zero-order valence-electron chi connectivity index (χ0n) is 11.5. The van der Waals surface area contributed by atoms with Gasteiger partial charge in [-0.2, -0.15) is 11.8 Å². The molecule has 0 aliphatic carbocycles. The highest BCUT2D eigenvalue weighted by Crippen LogP contribution is 2.22. The number of anilines is 1. The van der Waals surface area contributed by atoms with Gasteiger partial charge in [-0.05, 0) is 47.6 Å². The second-order valence-electron chi connectivity index (χ2n) is 4.86. The standard InChI is InChI=1S/C15H18N2O3S/c18-14(19)6-3-11-1-4-13(5-2-11)17-15(20)16-9-12-7-8-21-10-12/h1-6,12H,7-10H2,(H,18,19)(H2,16,17,20)/b6-3+. The first-order valence-electron chi connectivity index (χ1n) is 6.77. The Hall–Kier alpha value is -1.95.